The molecule has 2 rings (SSSR count). The van der Waals surface area contributed by atoms with Crippen LogP contribution in [0.1, 0.15) is 57.8 Å². The molecule has 20 heavy (non-hydrogen) atoms. The fraction of sp³-hybridized carbons (Fsp3) is 0.800. The molecule has 5 nitrogen and oxygen atoms in total. The minimum absolute atomic E-state index is 0.134. The summed E-state index contributed by atoms with van der Waals surface area (Å²) in [5.41, 5.74) is 0. The van der Waals surface area contributed by atoms with Crippen LogP contribution >= 0.6 is 0 Å². The second-order valence-electron chi connectivity index (χ2n) is 5.91. The van der Waals surface area contributed by atoms with Gasteiger partial charge in [0.15, 0.2) is 5.78 Å². The Hall–Kier alpha value is -1.23. The Kier molecular flexibility index (Phi) is 5.29. The molecule has 1 atom stereocenters. The number of Topliss-reactive ketones (excluding diaryl/α,β-unsaturated/α-hetero) is 1. The van der Waals surface area contributed by atoms with E-state index in [1.807, 2.05) is 18.5 Å². The summed E-state index contributed by atoms with van der Waals surface area (Å²) >= 11 is 0. The second-order valence-corrected chi connectivity index (χ2v) is 5.91. The Morgan fingerprint density at radius 2 is 2.10 bits per heavy atom. The molecule has 1 aromatic heterocycles. The Labute approximate surface area is 120 Å². The Morgan fingerprint density at radius 3 is 2.70 bits per heavy atom. The van der Waals surface area contributed by atoms with Crippen LogP contribution in [0.2, 0.25) is 0 Å². The quantitative estimate of drug-likeness (QED) is 0.803. The van der Waals surface area contributed by atoms with E-state index < -0.39 is 0 Å². The molecule has 0 spiro atoms. The third-order valence-electron chi connectivity index (χ3n) is 4.12. The lowest BCUT2D eigenvalue weighted by atomic mass is 9.83. The third kappa shape index (κ3) is 3.45. The standard InChI is InChI=1S/C15H25N3O2/c1-11(2)18-14(16-10-17-18)9-13(19)15(20-3)12-7-5-4-6-8-12/h10-12,15H,4-9H2,1-3H3. The zero-order valence-electron chi connectivity index (χ0n) is 12.7. The molecule has 1 aromatic rings. The maximum atomic E-state index is 12.5. The van der Waals surface area contributed by atoms with E-state index in [2.05, 4.69) is 10.1 Å². The molecule has 0 amide bonds. The molecule has 112 valence electrons. The molecule has 0 N–H and O–H groups in total. The number of hydrogen-bond donors (Lipinski definition) is 0. The number of aromatic nitrogens is 3. The SMILES string of the molecule is COC(C(=O)Cc1ncnn1C(C)C)C1CCCCC1. The lowest BCUT2D eigenvalue weighted by molar-refractivity contribution is -0.132. The van der Waals surface area contributed by atoms with Crippen LogP contribution < -0.4 is 0 Å². The van der Waals surface area contributed by atoms with Gasteiger partial charge in [-0.25, -0.2) is 9.67 Å². The van der Waals surface area contributed by atoms with Gasteiger partial charge >= 0.3 is 0 Å². The van der Waals surface area contributed by atoms with Crippen molar-refractivity contribution in [3.63, 3.8) is 0 Å². The van der Waals surface area contributed by atoms with Crippen LogP contribution in [0.3, 0.4) is 0 Å². The molecular formula is C15H25N3O2. The summed E-state index contributed by atoms with van der Waals surface area (Å²) in [6, 6.07) is 0.218. The van der Waals surface area contributed by atoms with Gasteiger partial charge in [0, 0.05) is 13.2 Å². The summed E-state index contributed by atoms with van der Waals surface area (Å²) in [6.45, 7) is 4.08. The number of carbonyl (C=O) groups is 1. The smallest absolute Gasteiger partial charge is 0.169 e. The first kappa shape index (κ1) is 15.2. The predicted octanol–water partition coefficient (Wildman–Crippen LogP) is 2.57. The summed E-state index contributed by atoms with van der Waals surface area (Å²) in [5.74, 6) is 1.24. The highest BCUT2D eigenvalue weighted by atomic mass is 16.5. The molecule has 5 heteroatoms. The zero-order valence-corrected chi connectivity index (χ0v) is 12.7. The molecule has 1 unspecified atom stereocenters. The van der Waals surface area contributed by atoms with Gasteiger partial charge in [0.05, 0.1) is 6.42 Å². The molecule has 0 aromatic carbocycles. The van der Waals surface area contributed by atoms with Crippen molar-refractivity contribution in [2.75, 3.05) is 7.11 Å². The lowest BCUT2D eigenvalue weighted by Crippen LogP contribution is -2.34. The first-order valence-corrected chi connectivity index (χ1v) is 7.57. The Morgan fingerprint density at radius 1 is 1.40 bits per heavy atom. The fourth-order valence-electron chi connectivity index (χ4n) is 3.11. The number of carbonyl (C=O) groups excluding carboxylic acids is 1. The van der Waals surface area contributed by atoms with Gasteiger partial charge in [-0.1, -0.05) is 19.3 Å². The van der Waals surface area contributed by atoms with Crippen LogP contribution in [0.25, 0.3) is 0 Å². The molecule has 0 saturated heterocycles. The van der Waals surface area contributed by atoms with Gasteiger partial charge in [-0.15, -0.1) is 0 Å². The molecule has 0 aliphatic heterocycles. The molecule has 1 saturated carbocycles. The zero-order chi connectivity index (χ0) is 14.5. The summed E-state index contributed by atoms with van der Waals surface area (Å²) in [6.07, 6.45) is 7.44. The van der Waals surface area contributed by atoms with Crippen molar-refractivity contribution in [2.45, 2.75) is 64.5 Å². The average molecular weight is 279 g/mol. The molecular weight excluding hydrogens is 254 g/mol. The summed E-state index contributed by atoms with van der Waals surface area (Å²) in [4.78, 5) is 16.7. The van der Waals surface area contributed by atoms with Crippen molar-refractivity contribution in [1.29, 1.82) is 0 Å². The summed E-state index contributed by atoms with van der Waals surface area (Å²) in [5, 5.41) is 4.18. The van der Waals surface area contributed by atoms with Gasteiger partial charge < -0.3 is 4.74 Å². The normalized spacial score (nSPS) is 18.4. The van der Waals surface area contributed by atoms with E-state index in [1.165, 1.54) is 25.6 Å². The van der Waals surface area contributed by atoms with E-state index in [9.17, 15) is 4.79 Å². The average Bonchev–Trinajstić information content (AvgIpc) is 2.89. The topological polar surface area (TPSA) is 57.0 Å². The van der Waals surface area contributed by atoms with Crippen molar-refractivity contribution in [3.8, 4) is 0 Å². The maximum absolute atomic E-state index is 12.5. The lowest BCUT2D eigenvalue weighted by Gasteiger charge is -2.28. The van der Waals surface area contributed by atoms with E-state index in [4.69, 9.17) is 4.74 Å². The van der Waals surface area contributed by atoms with E-state index in [1.54, 1.807) is 7.11 Å². The number of rotatable bonds is 6. The van der Waals surface area contributed by atoms with E-state index >= 15 is 0 Å². The van der Waals surface area contributed by atoms with Gasteiger partial charge in [0.25, 0.3) is 0 Å². The van der Waals surface area contributed by atoms with Crippen molar-refractivity contribution in [3.05, 3.63) is 12.2 Å². The highest BCUT2D eigenvalue weighted by molar-refractivity contribution is 5.85. The Balaban J connectivity index is 2.03. The molecule has 0 radical (unpaired) electrons. The van der Waals surface area contributed by atoms with Crippen LogP contribution in [0, 0.1) is 5.92 Å². The first-order chi connectivity index (χ1) is 9.63. The van der Waals surface area contributed by atoms with Crippen LogP contribution in [0.5, 0.6) is 0 Å². The number of hydrogen-bond acceptors (Lipinski definition) is 4. The molecule has 1 aliphatic rings. The summed E-state index contributed by atoms with van der Waals surface area (Å²) in [7, 11) is 1.64. The molecule has 0 bridgehead atoms. The monoisotopic (exact) mass is 279 g/mol. The maximum Gasteiger partial charge on any atom is 0.169 e. The largest absolute Gasteiger partial charge is 0.373 e. The van der Waals surface area contributed by atoms with E-state index in [-0.39, 0.29) is 17.9 Å². The van der Waals surface area contributed by atoms with Gasteiger partial charge in [0.1, 0.15) is 18.3 Å². The van der Waals surface area contributed by atoms with E-state index in [0.29, 0.717) is 12.3 Å². The highest BCUT2D eigenvalue weighted by Gasteiger charge is 2.30. The Bertz CT molecular complexity index is 436. The van der Waals surface area contributed by atoms with Crippen LogP contribution in [-0.2, 0) is 16.0 Å². The van der Waals surface area contributed by atoms with Gasteiger partial charge in [-0.05, 0) is 32.6 Å². The van der Waals surface area contributed by atoms with Gasteiger partial charge in [0.2, 0.25) is 0 Å². The minimum atomic E-state index is -0.285. The number of ketones is 1. The third-order valence-corrected chi connectivity index (χ3v) is 4.12. The predicted molar refractivity (Wildman–Crippen MR) is 76.5 cm³/mol. The van der Waals surface area contributed by atoms with E-state index in [0.717, 1.165) is 18.7 Å². The van der Waals surface area contributed by atoms with Crippen LogP contribution in [-0.4, -0.2) is 33.8 Å². The van der Waals surface area contributed by atoms with Crippen molar-refractivity contribution >= 4 is 5.78 Å². The van der Waals surface area contributed by atoms with Crippen molar-refractivity contribution < 1.29 is 9.53 Å². The second kappa shape index (κ2) is 6.97. The molecule has 1 heterocycles. The first-order valence-electron chi connectivity index (χ1n) is 7.57. The van der Waals surface area contributed by atoms with Gasteiger partial charge in [-0.3, -0.25) is 4.79 Å². The number of ether oxygens (including phenoxy) is 1. The fourth-order valence-corrected chi connectivity index (χ4v) is 3.11. The highest BCUT2D eigenvalue weighted by Crippen LogP contribution is 2.28. The van der Waals surface area contributed by atoms with Crippen LogP contribution in [0.4, 0.5) is 0 Å². The number of methoxy groups -OCH3 is 1. The van der Waals surface area contributed by atoms with Crippen molar-refractivity contribution in [2.24, 2.45) is 5.92 Å². The number of nitrogens with zero attached hydrogens (tertiary/aromatic N) is 3. The van der Waals surface area contributed by atoms with Crippen LogP contribution in [0.15, 0.2) is 6.33 Å². The summed E-state index contributed by atoms with van der Waals surface area (Å²) < 4.78 is 7.30. The van der Waals surface area contributed by atoms with Gasteiger partial charge in [-0.2, -0.15) is 5.10 Å². The molecule has 1 aliphatic carbocycles. The van der Waals surface area contributed by atoms with Crippen molar-refractivity contribution in [1.82, 2.24) is 14.8 Å². The molecule has 1 fully saturated rings. The minimum Gasteiger partial charge on any atom is -0.373 e.